The number of aryl methyl sites for hydroxylation is 5. The fourth-order valence-corrected chi connectivity index (χ4v) is 5.41. The van der Waals surface area contributed by atoms with E-state index in [1.54, 1.807) is 18.2 Å². The van der Waals surface area contributed by atoms with Gasteiger partial charge in [-0.1, -0.05) is 75.0 Å². The number of benzene rings is 2. The van der Waals surface area contributed by atoms with Gasteiger partial charge in [-0.2, -0.15) is 0 Å². The van der Waals surface area contributed by atoms with Crippen molar-refractivity contribution in [2.24, 2.45) is 0 Å². The minimum atomic E-state index is -1.21. The minimum Gasteiger partial charge on any atom is -0.478 e. The van der Waals surface area contributed by atoms with Gasteiger partial charge < -0.3 is 14.4 Å². The molecule has 0 aliphatic heterocycles. The minimum absolute atomic E-state index is 0.292. The Morgan fingerprint density at radius 1 is 0.974 bits per heavy atom. The lowest BCUT2D eigenvalue weighted by atomic mass is 9.97. The number of carboxylic acids is 1. The van der Waals surface area contributed by atoms with Crippen LogP contribution >= 0.6 is 23.2 Å². The highest BCUT2D eigenvalue weighted by atomic mass is 35.5. The molecule has 0 amide bonds. The molecule has 1 unspecified atom stereocenters. The van der Waals surface area contributed by atoms with Crippen molar-refractivity contribution < 1.29 is 14.6 Å². The Kier molecular flexibility index (Phi) is 9.19. The van der Waals surface area contributed by atoms with E-state index in [0.29, 0.717) is 27.9 Å². The van der Waals surface area contributed by atoms with Gasteiger partial charge in [0, 0.05) is 17.7 Å². The number of imidazole rings is 1. The monoisotopic (exact) mass is 567 g/mol. The van der Waals surface area contributed by atoms with E-state index < -0.39 is 12.1 Å². The molecule has 39 heavy (non-hydrogen) atoms. The highest BCUT2D eigenvalue weighted by Crippen LogP contribution is 2.35. The molecule has 0 saturated heterocycles. The van der Waals surface area contributed by atoms with E-state index in [0.717, 1.165) is 77.0 Å². The second kappa shape index (κ2) is 12.4. The molecule has 1 N–H and O–H groups in total. The fraction of sp³-hybridized carbons (Fsp3) is 0.387. The molecule has 8 heteroatoms. The molecule has 2 aromatic heterocycles. The molecule has 206 valence electrons. The van der Waals surface area contributed by atoms with Crippen molar-refractivity contribution in [2.75, 3.05) is 0 Å². The van der Waals surface area contributed by atoms with Crippen molar-refractivity contribution in [3.63, 3.8) is 0 Å². The Morgan fingerprint density at radius 3 is 2.21 bits per heavy atom. The topological polar surface area (TPSA) is 77.2 Å². The van der Waals surface area contributed by atoms with E-state index in [4.69, 9.17) is 37.9 Å². The van der Waals surface area contributed by atoms with E-state index in [1.807, 2.05) is 6.92 Å². The third-order valence-corrected chi connectivity index (χ3v) is 7.54. The smallest absolute Gasteiger partial charge is 0.349 e. The first kappa shape index (κ1) is 28.9. The van der Waals surface area contributed by atoms with Crippen LogP contribution in [0.25, 0.3) is 11.2 Å². The average Bonchev–Trinajstić information content (AvgIpc) is 3.23. The molecule has 0 spiro atoms. The zero-order chi connectivity index (χ0) is 28.3. The second-order valence-corrected chi connectivity index (χ2v) is 10.8. The summed E-state index contributed by atoms with van der Waals surface area (Å²) in [5.41, 5.74) is 7.46. The molecule has 0 aliphatic carbocycles. The van der Waals surface area contributed by atoms with Gasteiger partial charge in [0.05, 0.1) is 16.6 Å². The number of hydrogen-bond donors (Lipinski definition) is 1. The molecule has 1 atom stereocenters. The van der Waals surface area contributed by atoms with Crippen LogP contribution in [0.15, 0.2) is 36.4 Å². The molecule has 2 aromatic carbocycles. The van der Waals surface area contributed by atoms with Gasteiger partial charge >= 0.3 is 5.97 Å². The first-order valence-electron chi connectivity index (χ1n) is 13.5. The summed E-state index contributed by atoms with van der Waals surface area (Å²) in [4.78, 5) is 22.1. The summed E-state index contributed by atoms with van der Waals surface area (Å²) in [5, 5.41) is 10.8. The predicted octanol–water partition coefficient (Wildman–Crippen LogP) is 8.08. The van der Waals surface area contributed by atoms with Crippen LogP contribution in [0.2, 0.25) is 10.0 Å². The number of carbonyl (C=O) groups is 1. The second-order valence-electron chi connectivity index (χ2n) is 9.97. The summed E-state index contributed by atoms with van der Waals surface area (Å²) in [6.45, 7) is 11.0. The highest BCUT2D eigenvalue weighted by molar-refractivity contribution is 6.42. The Bertz CT molecular complexity index is 1490. The molecule has 0 radical (unpaired) electrons. The lowest BCUT2D eigenvalue weighted by Crippen LogP contribution is -2.20. The Labute approximate surface area is 240 Å². The summed E-state index contributed by atoms with van der Waals surface area (Å²) < 4.78 is 8.53. The Morgan fingerprint density at radius 2 is 1.64 bits per heavy atom. The standard InChI is InChI=1S/C31H35Cl2N3O3/c1-6-9-21-14-20(17-36-26(8-3)35-27-18(4)13-19(5)34-30(27)36)15-22(10-7-2)28(21)39-29(31(37)38)23-11-12-24(32)25(33)16-23/h11-16,29H,6-10,17H2,1-5H3,(H,37,38). The number of fused-ring (bicyclic) bond motifs is 1. The summed E-state index contributed by atoms with van der Waals surface area (Å²) in [6.07, 6.45) is 2.89. The van der Waals surface area contributed by atoms with Crippen LogP contribution < -0.4 is 4.74 Å². The van der Waals surface area contributed by atoms with Gasteiger partial charge in [-0.15, -0.1) is 0 Å². The van der Waals surface area contributed by atoms with Crippen LogP contribution in [0.5, 0.6) is 5.75 Å². The molecule has 2 heterocycles. The van der Waals surface area contributed by atoms with Crippen LogP contribution in [-0.4, -0.2) is 25.6 Å². The van der Waals surface area contributed by atoms with E-state index in [-0.39, 0.29) is 0 Å². The van der Waals surface area contributed by atoms with Crippen LogP contribution in [-0.2, 0) is 30.6 Å². The maximum atomic E-state index is 12.3. The zero-order valence-electron chi connectivity index (χ0n) is 23.1. The molecule has 0 aliphatic rings. The van der Waals surface area contributed by atoms with Gasteiger partial charge in [0.2, 0.25) is 6.10 Å². The largest absolute Gasteiger partial charge is 0.478 e. The van der Waals surface area contributed by atoms with Gasteiger partial charge in [-0.25, -0.2) is 14.8 Å². The van der Waals surface area contributed by atoms with Crippen LogP contribution in [0.1, 0.15) is 79.1 Å². The van der Waals surface area contributed by atoms with E-state index in [2.05, 4.69) is 50.5 Å². The molecule has 6 nitrogen and oxygen atoms in total. The molecule has 4 aromatic rings. The normalized spacial score (nSPS) is 12.2. The van der Waals surface area contributed by atoms with E-state index in [9.17, 15) is 9.90 Å². The van der Waals surface area contributed by atoms with Crippen molar-refractivity contribution in [1.82, 2.24) is 14.5 Å². The SMILES string of the molecule is CCCc1cc(Cn2c(CC)nc3c(C)cc(C)nc32)cc(CCC)c1OC(C(=O)O)c1ccc(Cl)c(Cl)c1. The number of rotatable bonds is 11. The lowest BCUT2D eigenvalue weighted by molar-refractivity contribution is -0.145. The predicted molar refractivity (Wildman–Crippen MR) is 157 cm³/mol. The molecule has 0 saturated carbocycles. The molecule has 0 bridgehead atoms. The molecular formula is C31H35Cl2N3O3. The van der Waals surface area contributed by atoms with Crippen LogP contribution in [0.4, 0.5) is 0 Å². The van der Waals surface area contributed by atoms with Crippen molar-refractivity contribution in [3.8, 4) is 5.75 Å². The number of halogens is 2. The molecule has 4 rings (SSSR count). The van der Waals surface area contributed by atoms with Crippen molar-refractivity contribution in [3.05, 3.63) is 85.8 Å². The maximum absolute atomic E-state index is 12.3. The molecular weight excluding hydrogens is 533 g/mol. The maximum Gasteiger partial charge on any atom is 0.349 e. The first-order valence-corrected chi connectivity index (χ1v) is 14.2. The highest BCUT2D eigenvalue weighted by Gasteiger charge is 2.26. The molecule has 0 fully saturated rings. The number of nitrogens with zero attached hydrogens (tertiary/aromatic N) is 3. The number of carboxylic acid groups (broad SMARTS) is 1. The number of hydrogen-bond acceptors (Lipinski definition) is 4. The summed E-state index contributed by atoms with van der Waals surface area (Å²) in [6, 6.07) is 11.1. The van der Waals surface area contributed by atoms with Crippen molar-refractivity contribution in [2.45, 2.75) is 79.4 Å². The third-order valence-electron chi connectivity index (χ3n) is 6.81. The van der Waals surface area contributed by atoms with Gasteiger partial charge in [-0.05, 0) is 67.1 Å². The average molecular weight is 569 g/mol. The fourth-order valence-electron chi connectivity index (χ4n) is 5.10. The lowest BCUT2D eigenvalue weighted by Gasteiger charge is -2.22. The zero-order valence-corrected chi connectivity index (χ0v) is 24.7. The van der Waals surface area contributed by atoms with Crippen LogP contribution in [0, 0.1) is 13.8 Å². The van der Waals surface area contributed by atoms with Crippen molar-refractivity contribution in [1.29, 1.82) is 0 Å². The van der Waals surface area contributed by atoms with Gasteiger partial charge in [0.1, 0.15) is 17.1 Å². The van der Waals surface area contributed by atoms with E-state index >= 15 is 0 Å². The first-order chi connectivity index (χ1) is 18.7. The Balaban J connectivity index is 1.81. The van der Waals surface area contributed by atoms with Gasteiger partial charge in [0.25, 0.3) is 0 Å². The van der Waals surface area contributed by atoms with E-state index in [1.165, 1.54) is 0 Å². The number of pyridine rings is 1. The number of aromatic nitrogens is 3. The summed E-state index contributed by atoms with van der Waals surface area (Å²) >= 11 is 12.3. The summed E-state index contributed by atoms with van der Waals surface area (Å²) in [5.74, 6) is 0.541. The summed E-state index contributed by atoms with van der Waals surface area (Å²) in [7, 11) is 0. The quantitative estimate of drug-likeness (QED) is 0.198. The van der Waals surface area contributed by atoms with Gasteiger partial charge in [0.15, 0.2) is 5.65 Å². The number of aliphatic carboxylic acids is 1. The van der Waals surface area contributed by atoms with Crippen molar-refractivity contribution >= 4 is 40.3 Å². The Hall–Kier alpha value is -3.09. The third kappa shape index (κ3) is 6.23. The number of ether oxygens (including phenoxy) is 1. The van der Waals surface area contributed by atoms with Gasteiger partial charge in [-0.3, -0.25) is 0 Å². The van der Waals surface area contributed by atoms with Crippen LogP contribution in [0.3, 0.4) is 0 Å².